The molecule has 1 aliphatic heterocycles. The third-order valence-electron chi connectivity index (χ3n) is 3.68. The van der Waals surface area contributed by atoms with Crippen molar-refractivity contribution in [1.29, 1.82) is 0 Å². The number of imide groups is 2. The number of nitrogens with zero attached hydrogens (tertiary/aromatic N) is 2. The molecule has 0 radical (unpaired) electrons. The van der Waals surface area contributed by atoms with Crippen LogP contribution in [-0.4, -0.2) is 22.4 Å². The summed E-state index contributed by atoms with van der Waals surface area (Å²) in [6.45, 7) is 2.60. The van der Waals surface area contributed by atoms with Gasteiger partial charge in [0.05, 0.1) is 5.69 Å². The van der Waals surface area contributed by atoms with E-state index in [-0.39, 0.29) is 11.3 Å². The molecule has 0 aliphatic carbocycles. The highest BCUT2D eigenvalue weighted by atomic mass is 19.1. The Hall–Kier alpha value is -3.22. The predicted molar refractivity (Wildman–Crippen MR) is 85.5 cm³/mol. The van der Waals surface area contributed by atoms with Gasteiger partial charge in [-0.15, -0.1) is 0 Å². The van der Waals surface area contributed by atoms with Crippen LogP contribution in [0, 0.1) is 5.82 Å². The van der Waals surface area contributed by atoms with Crippen molar-refractivity contribution in [3.63, 3.8) is 0 Å². The number of barbiturate groups is 1. The van der Waals surface area contributed by atoms with E-state index in [0.717, 1.165) is 17.0 Å². The minimum absolute atomic E-state index is 0.160. The summed E-state index contributed by atoms with van der Waals surface area (Å²) in [6.07, 6.45) is 3.25. The van der Waals surface area contributed by atoms with Crippen LogP contribution in [0.15, 0.2) is 48.2 Å². The molecule has 24 heavy (non-hydrogen) atoms. The van der Waals surface area contributed by atoms with Crippen molar-refractivity contribution in [2.45, 2.75) is 13.5 Å². The molecular formula is C17H14FN3O3. The maximum absolute atomic E-state index is 13.1. The topological polar surface area (TPSA) is 71.4 Å². The van der Waals surface area contributed by atoms with Crippen LogP contribution in [0.4, 0.5) is 14.9 Å². The van der Waals surface area contributed by atoms with E-state index in [4.69, 9.17) is 0 Å². The highest BCUT2D eigenvalue weighted by Gasteiger charge is 2.36. The number of carbonyl (C=O) groups excluding carboxylic acids is 3. The number of nitrogens with one attached hydrogen (secondary N) is 1. The second kappa shape index (κ2) is 6.11. The molecule has 0 atom stereocenters. The van der Waals surface area contributed by atoms with Crippen LogP contribution in [0.25, 0.3) is 6.08 Å². The summed E-state index contributed by atoms with van der Waals surface area (Å²) >= 11 is 0. The molecular weight excluding hydrogens is 313 g/mol. The van der Waals surface area contributed by atoms with E-state index < -0.39 is 23.7 Å². The normalized spacial score (nSPS) is 16.7. The number of halogens is 1. The molecule has 1 fully saturated rings. The van der Waals surface area contributed by atoms with Crippen LogP contribution >= 0.6 is 0 Å². The minimum atomic E-state index is -0.861. The van der Waals surface area contributed by atoms with Crippen LogP contribution < -0.4 is 10.2 Å². The van der Waals surface area contributed by atoms with Gasteiger partial charge in [0.25, 0.3) is 11.8 Å². The smallest absolute Gasteiger partial charge is 0.335 e. The monoisotopic (exact) mass is 327 g/mol. The number of urea groups is 1. The second-order valence-corrected chi connectivity index (χ2v) is 5.15. The summed E-state index contributed by atoms with van der Waals surface area (Å²) < 4.78 is 14.9. The first-order valence-corrected chi connectivity index (χ1v) is 7.33. The number of rotatable bonds is 3. The average Bonchev–Trinajstić information content (AvgIpc) is 3.00. The number of benzene rings is 1. The van der Waals surface area contributed by atoms with E-state index >= 15 is 0 Å². The van der Waals surface area contributed by atoms with Gasteiger partial charge >= 0.3 is 6.03 Å². The fourth-order valence-corrected chi connectivity index (χ4v) is 2.48. The summed E-state index contributed by atoms with van der Waals surface area (Å²) in [4.78, 5) is 37.5. The zero-order valence-electron chi connectivity index (χ0n) is 12.8. The number of carbonyl (C=O) groups is 3. The van der Waals surface area contributed by atoms with Gasteiger partial charge in [-0.1, -0.05) is 0 Å². The lowest BCUT2D eigenvalue weighted by molar-refractivity contribution is -0.122. The molecule has 0 unspecified atom stereocenters. The third-order valence-corrected chi connectivity index (χ3v) is 3.68. The Labute approximate surface area is 137 Å². The lowest BCUT2D eigenvalue weighted by Crippen LogP contribution is -2.54. The van der Waals surface area contributed by atoms with Crippen molar-refractivity contribution in [1.82, 2.24) is 9.88 Å². The Kier molecular flexibility index (Phi) is 3.99. The molecule has 0 bridgehead atoms. The maximum Gasteiger partial charge on any atom is 0.335 e. The standard InChI is InChI=1S/C17H14FN3O3/c1-2-20-9-3-4-13(20)10-14-15(22)19-17(24)21(16(14)23)12-7-5-11(18)6-8-12/h3-10H,2H2,1H3,(H,19,22,24)/b14-10+. The van der Waals surface area contributed by atoms with Gasteiger partial charge in [-0.2, -0.15) is 0 Å². The molecule has 0 saturated carbocycles. The Morgan fingerprint density at radius 2 is 1.83 bits per heavy atom. The van der Waals surface area contributed by atoms with Crippen LogP contribution in [-0.2, 0) is 16.1 Å². The van der Waals surface area contributed by atoms with Crippen molar-refractivity contribution in [2.75, 3.05) is 4.90 Å². The minimum Gasteiger partial charge on any atom is -0.348 e. The fourth-order valence-electron chi connectivity index (χ4n) is 2.48. The highest BCUT2D eigenvalue weighted by Crippen LogP contribution is 2.22. The van der Waals surface area contributed by atoms with Crippen LogP contribution in [0.3, 0.4) is 0 Å². The Bertz CT molecular complexity index is 852. The molecule has 1 aliphatic rings. The highest BCUT2D eigenvalue weighted by molar-refractivity contribution is 6.39. The molecule has 1 aromatic carbocycles. The zero-order valence-corrected chi connectivity index (χ0v) is 12.8. The van der Waals surface area contributed by atoms with Crippen LogP contribution in [0.1, 0.15) is 12.6 Å². The van der Waals surface area contributed by atoms with Crippen molar-refractivity contribution >= 4 is 29.6 Å². The maximum atomic E-state index is 13.1. The molecule has 6 nitrogen and oxygen atoms in total. The van der Waals surface area contributed by atoms with Crippen molar-refractivity contribution in [3.05, 3.63) is 59.7 Å². The number of hydrogen-bond donors (Lipinski definition) is 1. The van der Waals surface area contributed by atoms with E-state index in [9.17, 15) is 18.8 Å². The van der Waals surface area contributed by atoms with Gasteiger partial charge in [0.2, 0.25) is 0 Å². The molecule has 1 aromatic heterocycles. The molecule has 1 saturated heterocycles. The first-order valence-electron chi connectivity index (χ1n) is 7.33. The van der Waals surface area contributed by atoms with Crippen LogP contribution in [0.5, 0.6) is 0 Å². The molecule has 1 N–H and O–H groups in total. The number of anilines is 1. The molecule has 122 valence electrons. The Morgan fingerprint density at radius 3 is 2.50 bits per heavy atom. The Morgan fingerprint density at radius 1 is 1.12 bits per heavy atom. The van der Waals surface area contributed by atoms with Gasteiger partial charge in [-0.3, -0.25) is 14.9 Å². The largest absolute Gasteiger partial charge is 0.348 e. The van der Waals surface area contributed by atoms with Gasteiger partial charge in [-0.05, 0) is 49.4 Å². The molecule has 7 heteroatoms. The second-order valence-electron chi connectivity index (χ2n) is 5.15. The van der Waals surface area contributed by atoms with E-state index in [1.165, 1.54) is 18.2 Å². The van der Waals surface area contributed by atoms with Gasteiger partial charge < -0.3 is 4.57 Å². The van der Waals surface area contributed by atoms with Gasteiger partial charge in [0, 0.05) is 18.4 Å². The molecule has 2 heterocycles. The predicted octanol–water partition coefficient (Wildman–Crippen LogP) is 2.31. The lowest BCUT2D eigenvalue weighted by atomic mass is 10.1. The summed E-state index contributed by atoms with van der Waals surface area (Å²) in [7, 11) is 0. The van der Waals surface area contributed by atoms with Crippen molar-refractivity contribution in [3.8, 4) is 0 Å². The van der Waals surface area contributed by atoms with Gasteiger partial charge in [0.1, 0.15) is 11.4 Å². The lowest BCUT2D eigenvalue weighted by Gasteiger charge is -2.26. The molecule has 3 rings (SSSR count). The quantitative estimate of drug-likeness (QED) is 0.695. The number of aromatic nitrogens is 1. The number of aryl methyl sites for hydroxylation is 1. The van der Waals surface area contributed by atoms with Crippen molar-refractivity contribution < 1.29 is 18.8 Å². The molecule has 2 aromatic rings. The van der Waals surface area contributed by atoms with E-state index in [1.54, 1.807) is 12.1 Å². The Balaban J connectivity index is 2.01. The third kappa shape index (κ3) is 2.71. The first-order chi connectivity index (χ1) is 11.5. The van der Waals surface area contributed by atoms with Gasteiger partial charge in [-0.25, -0.2) is 14.1 Å². The molecule has 0 spiro atoms. The summed E-state index contributed by atoms with van der Waals surface area (Å²) in [5, 5.41) is 2.13. The number of hydrogen-bond acceptors (Lipinski definition) is 3. The van der Waals surface area contributed by atoms with E-state index in [2.05, 4.69) is 5.32 Å². The van der Waals surface area contributed by atoms with E-state index in [1.807, 2.05) is 17.7 Å². The summed E-state index contributed by atoms with van der Waals surface area (Å²) in [5.41, 5.74) is 0.694. The number of amides is 4. The van der Waals surface area contributed by atoms with E-state index in [0.29, 0.717) is 12.2 Å². The first kappa shape index (κ1) is 15.7. The summed E-state index contributed by atoms with van der Waals surface area (Å²) in [6, 6.07) is 7.57. The SMILES string of the molecule is CCn1cccc1/C=C1\C(=O)NC(=O)N(c2ccc(F)cc2)C1=O. The summed E-state index contributed by atoms with van der Waals surface area (Å²) in [5.74, 6) is -2.00. The van der Waals surface area contributed by atoms with Crippen molar-refractivity contribution in [2.24, 2.45) is 0 Å². The molecule has 4 amide bonds. The van der Waals surface area contributed by atoms with Crippen LogP contribution in [0.2, 0.25) is 0 Å². The van der Waals surface area contributed by atoms with Gasteiger partial charge in [0.15, 0.2) is 0 Å². The average molecular weight is 327 g/mol. The zero-order chi connectivity index (χ0) is 17.3. The fraction of sp³-hybridized carbons (Fsp3) is 0.118.